The third-order valence-corrected chi connectivity index (χ3v) is 10.4. The highest BCUT2D eigenvalue weighted by Crippen LogP contribution is 2.33. The Labute approximate surface area is 295 Å². The number of fused-ring (bicyclic) bond motifs is 1. The number of rotatable bonds is 12. The lowest BCUT2D eigenvalue weighted by Crippen LogP contribution is -2.60. The minimum Gasteiger partial charge on any atom is -0.444 e. The van der Waals surface area contributed by atoms with E-state index in [-0.39, 0.29) is 12.1 Å². The lowest BCUT2D eigenvalue weighted by atomic mass is 10.1. The van der Waals surface area contributed by atoms with Crippen LogP contribution in [0.25, 0.3) is 22.3 Å². The van der Waals surface area contributed by atoms with Crippen molar-refractivity contribution in [2.45, 2.75) is 71.3 Å². The predicted octanol–water partition coefficient (Wildman–Crippen LogP) is 6.30. The van der Waals surface area contributed by atoms with Crippen LogP contribution in [-0.4, -0.2) is 97.5 Å². The van der Waals surface area contributed by atoms with Crippen LogP contribution in [0, 0.1) is 0 Å². The van der Waals surface area contributed by atoms with E-state index in [2.05, 4.69) is 68.6 Å². The van der Waals surface area contributed by atoms with Gasteiger partial charge in [0.05, 0.1) is 36.0 Å². The van der Waals surface area contributed by atoms with Gasteiger partial charge >= 0.3 is 6.09 Å². The van der Waals surface area contributed by atoms with Crippen LogP contribution in [0.4, 0.5) is 22.0 Å². The molecule has 4 aromatic rings. The molecule has 0 atom stereocenters. The second kappa shape index (κ2) is 15.3. The minimum atomic E-state index is -1.22. The number of nitrogens with zero attached hydrogens (tertiary/aromatic N) is 7. The zero-order chi connectivity index (χ0) is 35.3. The van der Waals surface area contributed by atoms with Gasteiger partial charge in [0, 0.05) is 71.1 Å². The fraction of sp³-hybridized carbons (Fsp3) is 0.486. The number of nitrogens with one attached hydrogen (secondary N) is 1. The molecule has 0 unspecified atom stereocenters. The first-order valence-corrected chi connectivity index (χ1v) is 21.2. The van der Waals surface area contributed by atoms with Gasteiger partial charge in [-0.15, -0.1) is 0 Å². The molecule has 2 saturated heterocycles. The van der Waals surface area contributed by atoms with Crippen LogP contribution >= 0.6 is 0 Å². The number of carbonyl (C=O) groups is 1. The van der Waals surface area contributed by atoms with E-state index in [4.69, 9.17) is 29.2 Å². The highest BCUT2D eigenvalue weighted by atomic mass is 28.3. The van der Waals surface area contributed by atoms with E-state index in [1.807, 2.05) is 51.4 Å². The summed E-state index contributed by atoms with van der Waals surface area (Å²) in [6.07, 6.45) is 5.61. The van der Waals surface area contributed by atoms with E-state index in [1.54, 1.807) is 6.33 Å². The summed E-state index contributed by atoms with van der Waals surface area (Å²) in [7, 11) is -1.22. The fourth-order valence-corrected chi connectivity index (χ4v) is 6.73. The molecule has 12 nitrogen and oxygen atoms in total. The summed E-state index contributed by atoms with van der Waals surface area (Å²) >= 11 is 0. The van der Waals surface area contributed by atoms with Crippen molar-refractivity contribution in [3.8, 4) is 11.3 Å². The maximum absolute atomic E-state index is 12.1. The number of hydrogen-bond donors (Lipinski definition) is 1. The second-order valence-electron chi connectivity index (χ2n) is 15.2. The summed E-state index contributed by atoms with van der Waals surface area (Å²) in [4.78, 5) is 35.3. The van der Waals surface area contributed by atoms with E-state index in [0.717, 1.165) is 84.0 Å². The van der Waals surface area contributed by atoms with Crippen LogP contribution in [0.5, 0.6) is 0 Å². The molecule has 1 amide bonds. The molecule has 5 heterocycles. The zero-order valence-corrected chi connectivity index (χ0v) is 31.2. The number of aliphatic imine (C=N–C) groups is 1. The van der Waals surface area contributed by atoms with Gasteiger partial charge in [0.2, 0.25) is 0 Å². The second-order valence-corrected chi connectivity index (χ2v) is 20.8. The molecular formula is C37H50N8O4Si. The van der Waals surface area contributed by atoms with Crippen molar-refractivity contribution >= 4 is 48.6 Å². The molecule has 13 heteroatoms. The van der Waals surface area contributed by atoms with Gasteiger partial charge in [-0.3, -0.25) is 9.98 Å². The summed E-state index contributed by atoms with van der Waals surface area (Å²) in [5.74, 6) is 0.936. The Hall–Kier alpha value is -4.33. The van der Waals surface area contributed by atoms with Crippen molar-refractivity contribution in [3.05, 3.63) is 60.7 Å². The van der Waals surface area contributed by atoms with E-state index in [0.29, 0.717) is 26.4 Å². The molecule has 0 aliphatic carbocycles. The topological polar surface area (TPSA) is 119 Å². The number of morpholine rings is 1. The SMILES string of the molecule is CC(C)(C)OC(=O)NC1CN(c2ccnc(CC=Nc3ccc(-c4cc5c(N6CCOCC6)ncnc5n4COCC[Si](C)(C)C)cc3)c2)C1. The fourth-order valence-electron chi connectivity index (χ4n) is 5.97. The van der Waals surface area contributed by atoms with Crippen LogP contribution in [0.1, 0.15) is 26.5 Å². The summed E-state index contributed by atoms with van der Waals surface area (Å²) in [6, 6.07) is 15.7. The average Bonchev–Trinajstić information content (AvgIpc) is 3.43. The Kier molecular flexibility index (Phi) is 10.8. The lowest BCUT2D eigenvalue weighted by Gasteiger charge is -2.41. The van der Waals surface area contributed by atoms with Crippen molar-refractivity contribution in [2.75, 3.05) is 55.8 Å². The molecule has 0 bridgehead atoms. The Bertz CT molecular complexity index is 1790. The molecule has 1 N–H and O–H groups in total. The third-order valence-electron chi connectivity index (χ3n) is 8.67. The van der Waals surface area contributed by atoms with Crippen LogP contribution in [0.15, 0.2) is 60.0 Å². The number of hydrogen-bond acceptors (Lipinski definition) is 10. The molecule has 266 valence electrons. The predicted molar refractivity (Wildman–Crippen MR) is 202 cm³/mol. The lowest BCUT2D eigenvalue weighted by molar-refractivity contribution is 0.0496. The normalized spacial score (nSPS) is 15.9. The van der Waals surface area contributed by atoms with Crippen molar-refractivity contribution in [3.63, 3.8) is 0 Å². The summed E-state index contributed by atoms with van der Waals surface area (Å²) in [6.45, 7) is 18.3. The standard InChI is InChI=1S/C37H50N8O4Si/c1-37(2,3)49-36(46)42-30-23-44(24-30)31-12-14-39-29(21-31)11-13-38-28-9-7-27(8-10-28)33-22-32-34(43-15-17-47-18-16-43)40-25-41-35(32)45(33)26-48-19-20-50(4,5)6/h7-10,12-14,21-22,25,30H,11,15-20,23-24,26H2,1-6H3,(H,42,46). The molecular weight excluding hydrogens is 649 g/mol. The Morgan fingerprint density at radius 1 is 1.04 bits per heavy atom. The average molecular weight is 699 g/mol. The molecule has 1 aromatic carbocycles. The molecule has 2 aliphatic rings. The van der Waals surface area contributed by atoms with Crippen molar-refractivity contribution in [1.29, 1.82) is 0 Å². The Morgan fingerprint density at radius 3 is 2.52 bits per heavy atom. The molecule has 0 spiro atoms. The van der Waals surface area contributed by atoms with Crippen molar-refractivity contribution < 1.29 is 19.0 Å². The molecule has 50 heavy (non-hydrogen) atoms. The number of amides is 1. The van der Waals surface area contributed by atoms with Gasteiger partial charge in [0.15, 0.2) is 0 Å². The first-order valence-electron chi connectivity index (χ1n) is 17.5. The number of aromatic nitrogens is 4. The maximum Gasteiger partial charge on any atom is 0.407 e. The van der Waals surface area contributed by atoms with Gasteiger partial charge in [-0.1, -0.05) is 31.8 Å². The van der Waals surface area contributed by atoms with Gasteiger partial charge in [0.1, 0.15) is 30.1 Å². The quantitative estimate of drug-likeness (QED) is 0.103. The maximum atomic E-state index is 12.1. The van der Waals surface area contributed by atoms with Gasteiger partial charge in [-0.2, -0.15) is 0 Å². The number of pyridine rings is 1. The highest BCUT2D eigenvalue weighted by molar-refractivity contribution is 6.76. The molecule has 0 saturated carbocycles. The van der Waals surface area contributed by atoms with Crippen molar-refractivity contribution in [2.24, 2.45) is 4.99 Å². The number of alkyl carbamates (subject to hydrolysis) is 1. The number of ether oxygens (including phenoxy) is 3. The van der Waals surface area contributed by atoms with Crippen molar-refractivity contribution in [1.82, 2.24) is 24.8 Å². The number of carbonyl (C=O) groups excluding carboxylic acids is 1. The summed E-state index contributed by atoms with van der Waals surface area (Å²) in [5.41, 5.74) is 5.34. The smallest absolute Gasteiger partial charge is 0.407 e. The Balaban J connectivity index is 1.12. The van der Waals surface area contributed by atoms with Crippen LogP contribution < -0.4 is 15.1 Å². The van der Waals surface area contributed by atoms with E-state index in [1.165, 1.54) is 0 Å². The molecule has 6 rings (SSSR count). The number of anilines is 2. The zero-order valence-electron chi connectivity index (χ0n) is 30.2. The summed E-state index contributed by atoms with van der Waals surface area (Å²) in [5, 5.41) is 3.95. The number of benzene rings is 1. The van der Waals surface area contributed by atoms with Crippen LogP contribution in [-0.2, 0) is 27.4 Å². The van der Waals surface area contributed by atoms with Gasteiger partial charge in [0.25, 0.3) is 0 Å². The van der Waals surface area contributed by atoms with Crippen LogP contribution in [0.2, 0.25) is 25.7 Å². The van der Waals surface area contributed by atoms with Gasteiger partial charge in [-0.25, -0.2) is 14.8 Å². The van der Waals surface area contributed by atoms with E-state index in [9.17, 15) is 4.79 Å². The van der Waals surface area contributed by atoms with E-state index >= 15 is 0 Å². The molecule has 2 aliphatic heterocycles. The summed E-state index contributed by atoms with van der Waals surface area (Å²) < 4.78 is 19.4. The molecule has 3 aromatic heterocycles. The van der Waals surface area contributed by atoms with E-state index < -0.39 is 13.7 Å². The molecule has 0 radical (unpaired) electrons. The monoisotopic (exact) mass is 698 g/mol. The highest BCUT2D eigenvalue weighted by Gasteiger charge is 2.30. The first-order chi connectivity index (χ1) is 23.9. The van der Waals surface area contributed by atoms with Gasteiger partial charge in [-0.05, 0) is 62.7 Å². The largest absolute Gasteiger partial charge is 0.444 e. The minimum absolute atomic E-state index is 0.0643. The van der Waals surface area contributed by atoms with Crippen LogP contribution in [0.3, 0.4) is 0 Å². The van der Waals surface area contributed by atoms with Gasteiger partial charge < -0.3 is 33.9 Å². The molecule has 2 fully saturated rings. The third kappa shape index (κ3) is 9.26. The first kappa shape index (κ1) is 35.5. The Morgan fingerprint density at radius 2 is 1.80 bits per heavy atom.